The van der Waals surface area contributed by atoms with Crippen molar-refractivity contribution in [1.29, 1.82) is 0 Å². The third-order valence-electron chi connectivity index (χ3n) is 3.07. The van der Waals surface area contributed by atoms with Crippen LogP contribution >= 0.6 is 0 Å². The summed E-state index contributed by atoms with van der Waals surface area (Å²) in [4.78, 5) is 0. The number of hydrogen-bond donors (Lipinski definition) is 1. The normalized spacial score (nSPS) is 11.3. The van der Waals surface area contributed by atoms with Crippen molar-refractivity contribution in [3.8, 4) is 0 Å². The van der Waals surface area contributed by atoms with Crippen LogP contribution in [-0.2, 0) is 6.54 Å². The molecule has 0 fully saturated rings. The molecule has 1 aromatic rings. The van der Waals surface area contributed by atoms with Gasteiger partial charge in [-0.25, -0.2) is 0 Å². The average Bonchev–Trinajstić information content (AvgIpc) is 2.55. The molecule has 0 aliphatic heterocycles. The summed E-state index contributed by atoms with van der Waals surface area (Å²) in [6.07, 6.45) is 2.48. The molecule has 0 amide bonds. The van der Waals surface area contributed by atoms with Gasteiger partial charge in [0.1, 0.15) is 5.76 Å². The van der Waals surface area contributed by atoms with Gasteiger partial charge in [-0.05, 0) is 26.3 Å². The van der Waals surface area contributed by atoms with Crippen molar-refractivity contribution < 1.29 is 4.52 Å². The van der Waals surface area contributed by atoms with E-state index in [1.807, 2.05) is 13.8 Å². The van der Waals surface area contributed by atoms with Gasteiger partial charge in [0.2, 0.25) is 0 Å². The Hall–Kier alpha value is -0.830. The summed E-state index contributed by atoms with van der Waals surface area (Å²) in [6, 6.07) is 0. The molecule has 1 N–H and O–H groups in total. The van der Waals surface area contributed by atoms with E-state index in [9.17, 15) is 0 Å². The second-order valence-electron chi connectivity index (χ2n) is 4.12. The Morgan fingerprint density at radius 2 is 1.93 bits per heavy atom. The van der Waals surface area contributed by atoms with E-state index < -0.39 is 0 Å². The van der Waals surface area contributed by atoms with Crippen LogP contribution in [0.2, 0.25) is 0 Å². The minimum absolute atomic E-state index is 0.783. The quantitative estimate of drug-likeness (QED) is 0.784. The Bertz CT molecular complexity index is 270. The summed E-state index contributed by atoms with van der Waals surface area (Å²) in [5.74, 6) is 1.72. The molecule has 0 bridgehead atoms. The van der Waals surface area contributed by atoms with Gasteiger partial charge in [-0.1, -0.05) is 31.8 Å². The minimum atomic E-state index is 0.783. The lowest BCUT2D eigenvalue weighted by molar-refractivity contribution is 0.391. The van der Waals surface area contributed by atoms with Crippen LogP contribution in [0.15, 0.2) is 4.52 Å². The van der Waals surface area contributed by atoms with Crippen LogP contribution in [-0.4, -0.2) is 11.7 Å². The Balaban J connectivity index is 2.37. The fourth-order valence-electron chi connectivity index (χ4n) is 1.73. The summed E-state index contributed by atoms with van der Waals surface area (Å²) in [5.41, 5.74) is 2.21. The SMILES string of the molecule is CCC(CC)CNCc1c(C)noc1C. The number of aromatic nitrogens is 1. The molecule has 0 radical (unpaired) electrons. The molecule has 0 saturated heterocycles. The van der Waals surface area contributed by atoms with Gasteiger partial charge < -0.3 is 9.84 Å². The van der Waals surface area contributed by atoms with Crippen molar-refractivity contribution in [3.05, 3.63) is 17.0 Å². The molecule has 3 heteroatoms. The highest BCUT2D eigenvalue weighted by Gasteiger charge is 2.09. The summed E-state index contributed by atoms with van der Waals surface area (Å²) in [7, 11) is 0. The first kappa shape index (κ1) is 12.2. The fourth-order valence-corrected chi connectivity index (χ4v) is 1.73. The molecule has 1 rings (SSSR count). The highest BCUT2D eigenvalue weighted by Crippen LogP contribution is 2.12. The summed E-state index contributed by atoms with van der Waals surface area (Å²) in [6.45, 7) is 10.4. The molecule has 0 saturated carbocycles. The largest absolute Gasteiger partial charge is 0.361 e. The van der Waals surface area contributed by atoms with Gasteiger partial charge in [0.05, 0.1) is 5.69 Å². The van der Waals surface area contributed by atoms with Gasteiger partial charge in [-0.15, -0.1) is 0 Å². The standard InChI is InChI=1S/C12H22N2O/c1-5-11(6-2)7-13-8-12-9(3)14-15-10(12)4/h11,13H,5-8H2,1-4H3. The number of rotatable bonds is 6. The average molecular weight is 210 g/mol. The molecule has 0 spiro atoms. The molecule has 1 aromatic heterocycles. The summed E-state index contributed by atoms with van der Waals surface area (Å²) < 4.78 is 5.12. The first-order valence-electron chi connectivity index (χ1n) is 5.81. The van der Waals surface area contributed by atoms with Gasteiger partial charge >= 0.3 is 0 Å². The third kappa shape index (κ3) is 3.34. The summed E-state index contributed by atoms with van der Waals surface area (Å²) in [5, 5.41) is 7.41. The second-order valence-corrected chi connectivity index (χ2v) is 4.12. The van der Waals surface area contributed by atoms with E-state index in [-0.39, 0.29) is 0 Å². The van der Waals surface area contributed by atoms with E-state index in [4.69, 9.17) is 4.52 Å². The monoisotopic (exact) mass is 210 g/mol. The maximum Gasteiger partial charge on any atom is 0.138 e. The topological polar surface area (TPSA) is 38.1 Å². The van der Waals surface area contributed by atoms with E-state index in [2.05, 4.69) is 24.3 Å². The molecule has 0 aliphatic rings. The Labute approximate surface area is 92.2 Å². The Kier molecular flexibility index (Phi) is 4.82. The van der Waals surface area contributed by atoms with Gasteiger partial charge in [-0.2, -0.15) is 0 Å². The van der Waals surface area contributed by atoms with E-state index >= 15 is 0 Å². The van der Waals surface area contributed by atoms with E-state index in [0.29, 0.717) is 0 Å². The van der Waals surface area contributed by atoms with Crippen LogP contribution in [0.1, 0.15) is 43.7 Å². The molecule has 0 aliphatic carbocycles. The zero-order chi connectivity index (χ0) is 11.3. The molecule has 3 nitrogen and oxygen atoms in total. The third-order valence-corrected chi connectivity index (χ3v) is 3.07. The molecule has 15 heavy (non-hydrogen) atoms. The molecular weight excluding hydrogens is 188 g/mol. The zero-order valence-electron chi connectivity index (χ0n) is 10.3. The van der Waals surface area contributed by atoms with Crippen LogP contribution in [0.5, 0.6) is 0 Å². The molecular formula is C12H22N2O. The highest BCUT2D eigenvalue weighted by atomic mass is 16.5. The van der Waals surface area contributed by atoms with E-state index in [0.717, 1.165) is 30.5 Å². The predicted octanol–water partition coefficient (Wildman–Crippen LogP) is 2.82. The lowest BCUT2D eigenvalue weighted by atomic mass is 10.0. The minimum Gasteiger partial charge on any atom is -0.361 e. The smallest absolute Gasteiger partial charge is 0.138 e. The van der Waals surface area contributed by atoms with E-state index in [1.165, 1.54) is 18.4 Å². The second kappa shape index (κ2) is 5.91. The van der Waals surface area contributed by atoms with Crippen LogP contribution < -0.4 is 5.32 Å². The van der Waals surface area contributed by atoms with Crippen LogP contribution in [0.3, 0.4) is 0 Å². The van der Waals surface area contributed by atoms with Crippen LogP contribution in [0.4, 0.5) is 0 Å². The van der Waals surface area contributed by atoms with Crippen molar-refractivity contribution in [3.63, 3.8) is 0 Å². The molecule has 86 valence electrons. The van der Waals surface area contributed by atoms with Gasteiger partial charge in [-0.3, -0.25) is 0 Å². The molecule has 0 unspecified atom stereocenters. The first-order chi connectivity index (χ1) is 7.19. The maximum atomic E-state index is 5.12. The fraction of sp³-hybridized carbons (Fsp3) is 0.750. The number of nitrogens with one attached hydrogen (secondary N) is 1. The van der Waals surface area contributed by atoms with Gasteiger partial charge in [0, 0.05) is 12.1 Å². The van der Waals surface area contributed by atoms with Crippen LogP contribution in [0.25, 0.3) is 0 Å². The van der Waals surface area contributed by atoms with Crippen molar-refractivity contribution >= 4 is 0 Å². The first-order valence-corrected chi connectivity index (χ1v) is 5.81. The molecule has 1 heterocycles. The number of hydrogen-bond acceptors (Lipinski definition) is 3. The van der Waals surface area contributed by atoms with Crippen molar-refractivity contribution in [1.82, 2.24) is 10.5 Å². The Morgan fingerprint density at radius 1 is 1.27 bits per heavy atom. The molecule has 0 aromatic carbocycles. The summed E-state index contributed by atoms with van der Waals surface area (Å²) >= 11 is 0. The number of aryl methyl sites for hydroxylation is 2. The van der Waals surface area contributed by atoms with Crippen molar-refractivity contribution in [2.45, 2.75) is 47.1 Å². The highest BCUT2D eigenvalue weighted by molar-refractivity contribution is 5.20. The molecule has 0 atom stereocenters. The lowest BCUT2D eigenvalue weighted by Gasteiger charge is -2.12. The lowest BCUT2D eigenvalue weighted by Crippen LogP contribution is -2.22. The van der Waals surface area contributed by atoms with Crippen molar-refractivity contribution in [2.24, 2.45) is 5.92 Å². The maximum absolute atomic E-state index is 5.12. The zero-order valence-corrected chi connectivity index (χ0v) is 10.3. The van der Waals surface area contributed by atoms with Crippen LogP contribution in [0, 0.1) is 19.8 Å². The number of nitrogens with zero attached hydrogens (tertiary/aromatic N) is 1. The van der Waals surface area contributed by atoms with Gasteiger partial charge in [0.15, 0.2) is 0 Å². The van der Waals surface area contributed by atoms with Crippen molar-refractivity contribution in [2.75, 3.05) is 6.54 Å². The predicted molar refractivity (Wildman–Crippen MR) is 61.8 cm³/mol. The van der Waals surface area contributed by atoms with Gasteiger partial charge in [0.25, 0.3) is 0 Å². The van der Waals surface area contributed by atoms with E-state index in [1.54, 1.807) is 0 Å². The Morgan fingerprint density at radius 3 is 2.40 bits per heavy atom.